The summed E-state index contributed by atoms with van der Waals surface area (Å²) < 4.78 is 0. The van der Waals surface area contributed by atoms with Crippen LogP contribution in [0, 0.1) is 0 Å². The maximum Gasteiger partial charge on any atom is 0.228 e. The third-order valence-electron chi connectivity index (χ3n) is 3.63. The van der Waals surface area contributed by atoms with Crippen LogP contribution in [0.25, 0.3) is 0 Å². The van der Waals surface area contributed by atoms with Crippen LogP contribution >= 0.6 is 0 Å². The summed E-state index contributed by atoms with van der Waals surface area (Å²) in [4.78, 5) is 19.0. The van der Waals surface area contributed by atoms with Gasteiger partial charge in [0.05, 0.1) is 5.69 Å². The maximum absolute atomic E-state index is 12.8. The minimum atomic E-state index is -0.0701. The molecule has 0 unspecified atom stereocenters. The first-order chi connectivity index (χ1) is 10.8. The van der Waals surface area contributed by atoms with Crippen LogP contribution < -0.4 is 0 Å². The number of amidine groups is 1. The van der Waals surface area contributed by atoms with Crippen LogP contribution in [-0.2, 0) is 5.41 Å². The van der Waals surface area contributed by atoms with Gasteiger partial charge in [-0.25, -0.2) is 4.99 Å². The maximum atomic E-state index is 12.8. The van der Waals surface area contributed by atoms with Crippen molar-refractivity contribution in [3.63, 3.8) is 0 Å². The number of likely N-dealkylation sites (N-methyl/N-ethyl adjacent to an activating group) is 1. The molecule has 0 fully saturated rings. The minimum absolute atomic E-state index is 0.0701. The highest BCUT2D eigenvalue weighted by molar-refractivity contribution is 6.45. The van der Waals surface area contributed by atoms with E-state index in [1.807, 2.05) is 68.7 Å². The van der Waals surface area contributed by atoms with Crippen molar-refractivity contribution in [2.75, 3.05) is 14.1 Å². The Labute approximate surface area is 138 Å². The standard InChI is InChI=1S/C20H24N2O/c1-20(2,3)16-13-11-15(12-14-16)18(23)19(22(4)5)21-17-9-7-6-8-10-17/h6-14H,1-5H3. The Bertz CT molecular complexity index is 693. The number of Topliss-reactive ketones (excluding diaryl/α,β-unsaturated/α-hetero) is 1. The fraction of sp³-hybridized carbons (Fsp3) is 0.300. The molecular weight excluding hydrogens is 284 g/mol. The molecule has 0 bridgehead atoms. The van der Waals surface area contributed by atoms with Crippen molar-refractivity contribution in [2.45, 2.75) is 26.2 Å². The Morgan fingerprint density at radius 2 is 1.48 bits per heavy atom. The number of carbonyl (C=O) groups is 1. The van der Waals surface area contributed by atoms with Gasteiger partial charge in [-0.3, -0.25) is 4.79 Å². The van der Waals surface area contributed by atoms with Gasteiger partial charge in [0.15, 0.2) is 5.84 Å². The van der Waals surface area contributed by atoms with Crippen LogP contribution in [0.15, 0.2) is 59.6 Å². The summed E-state index contributed by atoms with van der Waals surface area (Å²) in [6, 6.07) is 17.3. The number of benzene rings is 2. The molecule has 0 aliphatic rings. The summed E-state index contributed by atoms with van der Waals surface area (Å²) in [7, 11) is 3.67. The lowest BCUT2D eigenvalue weighted by molar-refractivity contribution is 0.105. The van der Waals surface area contributed by atoms with E-state index in [4.69, 9.17) is 0 Å². The zero-order valence-corrected chi connectivity index (χ0v) is 14.5. The molecular formula is C20H24N2O. The van der Waals surface area contributed by atoms with Crippen molar-refractivity contribution in [1.29, 1.82) is 0 Å². The Balaban J connectivity index is 2.34. The Morgan fingerprint density at radius 3 is 1.96 bits per heavy atom. The molecule has 120 valence electrons. The summed E-state index contributed by atoms with van der Waals surface area (Å²) in [6.07, 6.45) is 0. The van der Waals surface area contributed by atoms with Crippen LogP contribution in [0.2, 0.25) is 0 Å². The van der Waals surface area contributed by atoms with E-state index in [1.165, 1.54) is 5.56 Å². The average Bonchev–Trinajstić information content (AvgIpc) is 2.52. The number of para-hydroxylation sites is 1. The van der Waals surface area contributed by atoms with Crippen LogP contribution in [0.5, 0.6) is 0 Å². The third-order valence-corrected chi connectivity index (χ3v) is 3.63. The topological polar surface area (TPSA) is 32.7 Å². The molecule has 0 spiro atoms. The van der Waals surface area contributed by atoms with E-state index in [2.05, 4.69) is 25.8 Å². The second-order valence-corrected chi connectivity index (χ2v) is 6.82. The van der Waals surface area contributed by atoms with Crippen molar-refractivity contribution in [2.24, 2.45) is 4.99 Å². The van der Waals surface area contributed by atoms with Gasteiger partial charge >= 0.3 is 0 Å². The van der Waals surface area contributed by atoms with Gasteiger partial charge in [0.2, 0.25) is 5.78 Å². The van der Waals surface area contributed by atoms with Gasteiger partial charge < -0.3 is 4.90 Å². The number of ketones is 1. The van der Waals surface area contributed by atoms with Gasteiger partial charge in [0.25, 0.3) is 0 Å². The number of carbonyl (C=O) groups excluding carboxylic acids is 1. The van der Waals surface area contributed by atoms with Crippen molar-refractivity contribution in [3.05, 3.63) is 65.7 Å². The summed E-state index contributed by atoms with van der Waals surface area (Å²) >= 11 is 0. The van der Waals surface area contributed by atoms with E-state index in [-0.39, 0.29) is 11.2 Å². The highest BCUT2D eigenvalue weighted by Crippen LogP contribution is 2.22. The lowest BCUT2D eigenvalue weighted by atomic mass is 9.86. The summed E-state index contributed by atoms with van der Waals surface area (Å²) in [5.74, 6) is 0.360. The number of rotatable bonds is 3. The van der Waals surface area contributed by atoms with Crippen LogP contribution in [0.3, 0.4) is 0 Å². The monoisotopic (exact) mass is 308 g/mol. The second kappa shape index (κ2) is 6.78. The molecule has 0 saturated heterocycles. The Morgan fingerprint density at radius 1 is 0.913 bits per heavy atom. The number of hydrogen-bond acceptors (Lipinski definition) is 2. The van der Waals surface area contributed by atoms with E-state index < -0.39 is 0 Å². The molecule has 3 heteroatoms. The van der Waals surface area contributed by atoms with Gasteiger partial charge in [-0.15, -0.1) is 0 Å². The largest absolute Gasteiger partial charge is 0.359 e. The van der Waals surface area contributed by atoms with Crippen LogP contribution in [0.4, 0.5) is 5.69 Å². The van der Waals surface area contributed by atoms with Crippen molar-refractivity contribution < 1.29 is 4.79 Å². The van der Waals surface area contributed by atoms with Gasteiger partial charge in [0.1, 0.15) is 0 Å². The highest BCUT2D eigenvalue weighted by Gasteiger charge is 2.18. The molecule has 23 heavy (non-hydrogen) atoms. The number of nitrogens with zero attached hydrogens (tertiary/aromatic N) is 2. The lowest BCUT2D eigenvalue weighted by Crippen LogP contribution is -2.30. The minimum Gasteiger partial charge on any atom is -0.359 e. The average molecular weight is 308 g/mol. The number of aliphatic imine (C=N–C) groups is 1. The molecule has 0 aromatic heterocycles. The smallest absolute Gasteiger partial charge is 0.228 e. The highest BCUT2D eigenvalue weighted by atomic mass is 16.1. The summed E-state index contributed by atoms with van der Waals surface area (Å²) in [5, 5.41) is 0. The molecule has 0 radical (unpaired) electrons. The molecule has 2 rings (SSSR count). The zero-order valence-electron chi connectivity index (χ0n) is 14.5. The Hall–Kier alpha value is -2.42. The SMILES string of the molecule is CN(C)C(=Nc1ccccc1)C(=O)c1ccc(C(C)(C)C)cc1. The quantitative estimate of drug-likeness (QED) is 0.476. The molecule has 0 N–H and O–H groups in total. The van der Waals surface area contributed by atoms with Gasteiger partial charge in [-0.05, 0) is 23.1 Å². The van der Waals surface area contributed by atoms with Crippen LogP contribution in [0.1, 0.15) is 36.7 Å². The Kier molecular flexibility index (Phi) is 4.99. The van der Waals surface area contributed by atoms with Crippen molar-refractivity contribution in [1.82, 2.24) is 4.90 Å². The molecule has 3 nitrogen and oxygen atoms in total. The fourth-order valence-electron chi connectivity index (χ4n) is 2.23. The van der Waals surface area contributed by atoms with E-state index in [9.17, 15) is 4.79 Å². The molecule has 0 heterocycles. The molecule has 2 aromatic rings. The molecule has 0 saturated carbocycles. The summed E-state index contributed by atoms with van der Waals surface area (Å²) in [5.41, 5.74) is 2.71. The first-order valence-electron chi connectivity index (χ1n) is 7.75. The van der Waals surface area contributed by atoms with E-state index >= 15 is 0 Å². The first kappa shape index (κ1) is 16.9. The lowest BCUT2D eigenvalue weighted by Gasteiger charge is -2.19. The molecule has 0 amide bonds. The molecule has 0 aliphatic heterocycles. The normalized spacial score (nSPS) is 12.1. The summed E-state index contributed by atoms with van der Waals surface area (Å²) in [6.45, 7) is 6.48. The molecule has 2 aromatic carbocycles. The first-order valence-corrected chi connectivity index (χ1v) is 7.75. The van der Waals surface area contributed by atoms with E-state index in [0.717, 1.165) is 5.69 Å². The predicted molar refractivity (Wildman–Crippen MR) is 96.7 cm³/mol. The zero-order chi connectivity index (χ0) is 17.0. The number of hydrogen-bond donors (Lipinski definition) is 0. The van der Waals surface area contributed by atoms with Crippen molar-refractivity contribution >= 4 is 17.3 Å². The third kappa shape index (κ3) is 4.28. The van der Waals surface area contributed by atoms with Crippen LogP contribution in [-0.4, -0.2) is 30.6 Å². The van der Waals surface area contributed by atoms with Crippen molar-refractivity contribution in [3.8, 4) is 0 Å². The van der Waals surface area contributed by atoms with E-state index in [0.29, 0.717) is 11.4 Å². The van der Waals surface area contributed by atoms with Gasteiger partial charge in [0, 0.05) is 19.7 Å². The molecule has 0 aliphatic carbocycles. The predicted octanol–water partition coefficient (Wildman–Crippen LogP) is 4.46. The fourth-order valence-corrected chi connectivity index (χ4v) is 2.23. The van der Waals surface area contributed by atoms with E-state index in [1.54, 1.807) is 4.90 Å². The van der Waals surface area contributed by atoms with Gasteiger partial charge in [-0.1, -0.05) is 63.2 Å². The molecule has 0 atom stereocenters. The van der Waals surface area contributed by atoms with Gasteiger partial charge in [-0.2, -0.15) is 0 Å². The second-order valence-electron chi connectivity index (χ2n) is 6.82.